The summed E-state index contributed by atoms with van der Waals surface area (Å²) in [4.78, 5) is 11.7. The van der Waals surface area contributed by atoms with Crippen molar-refractivity contribution >= 4 is 5.69 Å². The van der Waals surface area contributed by atoms with E-state index < -0.39 is 0 Å². The first-order chi connectivity index (χ1) is 7.18. The number of aryl methyl sites for hydroxylation is 1. The van der Waals surface area contributed by atoms with Crippen LogP contribution in [0.25, 0.3) is 11.1 Å². The van der Waals surface area contributed by atoms with Gasteiger partial charge in [0.15, 0.2) is 0 Å². The van der Waals surface area contributed by atoms with Crippen LogP contribution in [0, 0.1) is 0 Å². The number of benzene rings is 1. The molecule has 0 radical (unpaired) electrons. The second-order valence-electron chi connectivity index (χ2n) is 3.30. The third kappa shape index (κ3) is 1.74. The normalized spacial score (nSPS) is 10.2. The lowest BCUT2D eigenvalue weighted by molar-refractivity contribution is 0.709. The molecule has 0 saturated carbocycles. The van der Waals surface area contributed by atoms with E-state index in [1.54, 1.807) is 31.4 Å². The number of anilines is 1. The lowest BCUT2D eigenvalue weighted by Crippen LogP contribution is -2.20. The second-order valence-corrected chi connectivity index (χ2v) is 3.30. The van der Waals surface area contributed by atoms with Crippen LogP contribution in [0.3, 0.4) is 0 Å². The molecular weight excluding hydrogens is 190 g/mol. The van der Waals surface area contributed by atoms with Crippen molar-refractivity contribution in [2.24, 2.45) is 7.05 Å². The van der Waals surface area contributed by atoms with Crippen molar-refractivity contribution < 1.29 is 0 Å². The summed E-state index contributed by atoms with van der Waals surface area (Å²) in [5, 5.41) is 3.86. The van der Waals surface area contributed by atoms with Crippen LogP contribution in [0.15, 0.2) is 41.3 Å². The number of hydrogen-bond donors (Lipinski definition) is 1. The Bertz CT molecular complexity index is 528. The standard InChI is InChI=1S/C11H11N3O/c1-14-11(15)10(6-7-13-14)8-2-4-9(12)5-3-8/h2-7H,12H2,1H3. The van der Waals surface area contributed by atoms with Crippen LogP contribution in [0.4, 0.5) is 5.69 Å². The van der Waals surface area contributed by atoms with E-state index >= 15 is 0 Å². The lowest BCUT2D eigenvalue weighted by Gasteiger charge is -2.02. The van der Waals surface area contributed by atoms with Crippen molar-refractivity contribution in [2.75, 3.05) is 5.73 Å². The summed E-state index contributed by atoms with van der Waals surface area (Å²) < 4.78 is 1.31. The van der Waals surface area contributed by atoms with Gasteiger partial charge in [0.1, 0.15) is 0 Å². The molecule has 1 aromatic carbocycles. The zero-order valence-corrected chi connectivity index (χ0v) is 8.34. The molecule has 4 heteroatoms. The molecule has 4 nitrogen and oxygen atoms in total. The fourth-order valence-corrected chi connectivity index (χ4v) is 1.39. The number of nitrogens with two attached hydrogens (primary N) is 1. The summed E-state index contributed by atoms with van der Waals surface area (Å²) in [6.45, 7) is 0. The van der Waals surface area contributed by atoms with E-state index in [4.69, 9.17) is 5.73 Å². The molecule has 0 spiro atoms. The van der Waals surface area contributed by atoms with Gasteiger partial charge in [0.25, 0.3) is 5.56 Å². The van der Waals surface area contributed by atoms with Crippen molar-refractivity contribution in [2.45, 2.75) is 0 Å². The van der Waals surface area contributed by atoms with Crippen LogP contribution >= 0.6 is 0 Å². The molecule has 0 bridgehead atoms. The number of nitrogens with zero attached hydrogens (tertiary/aromatic N) is 2. The summed E-state index contributed by atoms with van der Waals surface area (Å²) in [6, 6.07) is 8.90. The van der Waals surface area contributed by atoms with Gasteiger partial charge in [-0.05, 0) is 23.8 Å². The minimum absolute atomic E-state index is 0.109. The Labute approximate surface area is 87.0 Å². The Morgan fingerprint density at radius 1 is 1.20 bits per heavy atom. The molecule has 0 aliphatic heterocycles. The highest BCUT2D eigenvalue weighted by Crippen LogP contribution is 2.15. The maximum absolute atomic E-state index is 11.7. The van der Waals surface area contributed by atoms with Crippen LogP contribution in [0.5, 0.6) is 0 Å². The largest absolute Gasteiger partial charge is 0.399 e. The summed E-state index contributed by atoms with van der Waals surface area (Å²) in [5.74, 6) is 0. The van der Waals surface area contributed by atoms with Crippen molar-refractivity contribution in [3.8, 4) is 11.1 Å². The number of hydrogen-bond acceptors (Lipinski definition) is 3. The Hall–Kier alpha value is -2.10. The maximum Gasteiger partial charge on any atom is 0.274 e. The van der Waals surface area contributed by atoms with E-state index in [9.17, 15) is 4.79 Å². The monoisotopic (exact) mass is 201 g/mol. The van der Waals surface area contributed by atoms with Crippen LogP contribution in [0.2, 0.25) is 0 Å². The lowest BCUT2D eigenvalue weighted by atomic mass is 10.1. The molecule has 15 heavy (non-hydrogen) atoms. The van der Waals surface area contributed by atoms with Crippen molar-refractivity contribution in [3.05, 3.63) is 46.9 Å². The first-order valence-corrected chi connectivity index (χ1v) is 4.57. The molecule has 0 aliphatic carbocycles. The van der Waals surface area contributed by atoms with Crippen molar-refractivity contribution in [3.63, 3.8) is 0 Å². The highest BCUT2D eigenvalue weighted by atomic mass is 16.1. The molecule has 2 aromatic rings. The fourth-order valence-electron chi connectivity index (χ4n) is 1.39. The van der Waals surface area contributed by atoms with Gasteiger partial charge in [0.05, 0.1) is 5.56 Å². The SMILES string of the molecule is Cn1nccc(-c2ccc(N)cc2)c1=O. The highest BCUT2D eigenvalue weighted by Gasteiger charge is 2.03. The average Bonchev–Trinajstić information content (AvgIpc) is 2.24. The number of nitrogen functional groups attached to an aromatic ring is 1. The quantitative estimate of drug-likeness (QED) is 0.701. The Balaban J connectivity index is 2.59. The van der Waals surface area contributed by atoms with E-state index in [1.165, 1.54) is 4.68 Å². The van der Waals surface area contributed by atoms with Crippen molar-refractivity contribution in [1.29, 1.82) is 0 Å². The molecule has 0 atom stereocenters. The van der Waals surface area contributed by atoms with Gasteiger partial charge in [0, 0.05) is 18.9 Å². The molecule has 0 amide bonds. The van der Waals surface area contributed by atoms with E-state index in [0.717, 1.165) is 5.56 Å². The van der Waals surface area contributed by atoms with E-state index in [-0.39, 0.29) is 5.56 Å². The molecule has 0 aliphatic rings. The average molecular weight is 201 g/mol. The predicted octanol–water partition coefficient (Wildman–Crippen LogP) is 1.03. The van der Waals surface area contributed by atoms with E-state index in [1.807, 2.05) is 12.1 Å². The molecular formula is C11H11N3O. The minimum atomic E-state index is -0.109. The van der Waals surface area contributed by atoms with E-state index in [0.29, 0.717) is 11.3 Å². The van der Waals surface area contributed by atoms with Gasteiger partial charge < -0.3 is 5.73 Å². The molecule has 0 unspecified atom stereocenters. The maximum atomic E-state index is 11.7. The smallest absolute Gasteiger partial charge is 0.274 e. The summed E-state index contributed by atoms with van der Waals surface area (Å²) in [6.07, 6.45) is 1.60. The molecule has 1 heterocycles. The van der Waals surface area contributed by atoms with Gasteiger partial charge in [-0.2, -0.15) is 5.10 Å². The van der Waals surface area contributed by atoms with Gasteiger partial charge >= 0.3 is 0 Å². The number of rotatable bonds is 1. The Morgan fingerprint density at radius 3 is 2.53 bits per heavy atom. The van der Waals surface area contributed by atoms with Crippen LogP contribution in [-0.4, -0.2) is 9.78 Å². The van der Waals surface area contributed by atoms with E-state index in [2.05, 4.69) is 5.10 Å². The Morgan fingerprint density at radius 2 is 1.87 bits per heavy atom. The molecule has 2 rings (SSSR count). The summed E-state index contributed by atoms with van der Waals surface area (Å²) >= 11 is 0. The van der Waals surface area contributed by atoms with Gasteiger partial charge in [-0.15, -0.1) is 0 Å². The first-order valence-electron chi connectivity index (χ1n) is 4.57. The molecule has 2 N–H and O–H groups in total. The van der Waals surface area contributed by atoms with Crippen LogP contribution in [-0.2, 0) is 7.05 Å². The topological polar surface area (TPSA) is 60.9 Å². The molecule has 0 saturated heterocycles. The summed E-state index contributed by atoms with van der Waals surface area (Å²) in [7, 11) is 1.63. The molecule has 0 fully saturated rings. The van der Waals surface area contributed by atoms with Gasteiger partial charge in [-0.3, -0.25) is 4.79 Å². The third-order valence-corrected chi connectivity index (χ3v) is 2.23. The fraction of sp³-hybridized carbons (Fsp3) is 0.0909. The van der Waals surface area contributed by atoms with Crippen molar-refractivity contribution in [1.82, 2.24) is 9.78 Å². The highest BCUT2D eigenvalue weighted by molar-refractivity contribution is 5.64. The third-order valence-electron chi connectivity index (χ3n) is 2.23. The molecule has 1 aromatic heterocycles. The van der Waals surface area contributed by atoms with Gasteiger partial charge in [-0.25, -0.2) is 4.68 Å². The first kappa shape index (κ1) is 9.45. The number of aromatic nitrogens is 2. The zero-order chi connectivity index (χ0) is 10.8. The van der Waals surface area contributed by atoms with Gasteiger partial charge in [-0.1, -0.05) is 12.1 Å². The molecule has 76 valence electrons. The zero-order valence-electron chi connectivity index (χ0n) is 8.34. The Kier molecular flexibility index (Phi) is 2.25. The van der Waals surface area contributed by atoms with Gasteiger partial charge in [0.2, 0.25) is 0 Å². The van der Waals surface area contributed by atoms with Crippen LogP contribution < -0.4 is 11.3 Å². The second kappa shape index (κ2) is 3.57. The van der Waals surface area contributed by atoms with Crippen LogP contribution in [0.1, 0.15) is 0 Å². The summed E-state index contributed by atoms with van der Waals surface area (Å²) in [5.41, 5.74) is 7.64. The predicted molar refractivity (Wildman–Crippen MR) is 59.3 cm³/mol. The minimum Gasteiger partial charge on any atom is -0.399 e.